The molecule has 1 amide bonds. The molecule has 0 saturated carbocycles. The first-order valence-electron chi connectivity index (χ1n) is 9.79. The number of piperidine rings is 1. The molecule has 2 aromatic carbocycles. The Morgan fingerprint density at radius 1 is 1.03 bits per heavy atom. The van der Waals surface area contributed by atoms with E-state index in [9.17, 15) is 4.79 Å². The fourth-order valence-corrected chi connectivity index (χ4v) is 4.49. The number of hydrogen-bond donors (Lipinski definition) is 1. The fraction of sp³-hybridized carbons (Fsp3) is 0.208. The van der Waals surface area contributed by atoms with Crippen molar-refractivity contribution in [1.29, 1.82) is 5.26 Å². The molecule has 4 heterocycles. The minimum atomic E-state index is 0.0563. The third-order valence-electron chi connectivity index (χ3n) is 5.95. The minimum Gasteiger partial charge on any atom is -0.335 e. The average molecular weight is 380 g/mol. The van der Waals surface area contributed by atoms with Crippen molar-refractivity contribution in [2.24, 2.45) is 0 Å². The van der Waals surface area contributed by atoms with Crippen LogP contribution in [0.2, 0.25) is 0 Å². The molecule has 1 N–H and O–H groups in total. The number of hydrogen-bond acceptors (Lipinski definition) is 4. The van der Waals surface area contributed by atoms with Crippen molar-refractivity contribution in [2.45, 2.75) is 18.0 Å². The molecular formula is C24H20N4O. The second kappa shape index (κ2) is 7.16. The summed E-state index contributed by atoms with van der Waals surface area (Å²) in [6, 6.07) is 22.6. The van der Waals surface area contributed by atoms with Gasteiger partial charge in [-0.25, -0.2) is 0 Å². The van der Waals surface area contributed by atoms with E-state index in [2.05, 4.69) is 40.6 Å². The standard InChI is InChI=1S/C24H20N4O/c25-12-16-3-1-4-19(11-16)17-6-8-18(9-7-17)23-21-14-28(15-22(23)27-21)24(29)20-5-2-10-26-13-20/h1-11,13,21-23,27H,14-15H2/t21-,22+,23?. The van der Waals surface area contributed by atoms with Crippen LogP contribution in [-0.4, -0.2) is 41.0 Å². The second-order valence-electron chi connectivity index (χ2n) is 7.67. The van der Waals surface area contributed by atoms with Gasteiger partial charge in [0.1, 0.15) is 0 Å². The zero-order valence-corrected chi connectivity index (χ0v) is 15.8. The Morgan fingerprint density at radius 2 is 1.83 bits per heavy atom. The summed E-state index contributed by atoms with van der Waals surface area (Å²) in [6.07, 6.45) is 3.32. The molecule has 3 aliphatic heterocycles. The molecule has 3 saturated heterocycles. The van der Waals surface area contributed by atoms with Gasteiger partial charge in [-0.05, 0) is 41.0 Å². The second-order valence-corrected chi connectivity index (χ2v) is 7.67. The predicted octanol–water partition coefficient (Wildman–Crippen LogP) is 3.20. The third-order valence-corrected chi connectivity index (χ3v) is 5.95. The molecule has 1 aromatic heterocycles. The lowest BCUT2D eigenvalue weighted by atomic mass is 9.74. The zero-order chi connectivity index (χ0) is 19.8. The fourth-order valence-electron chi connectivity index (χ4n) is 4.49. The van der Waals surface area contributed by atoms with Gasteiger partial charge in [-0.1, -0.05) is 36.4 Å². The number of carbonyl (C=O) groups is 1. The smallest absolute Gasteiger partial charge is 0.255 e. The summed E-state index contributed by atoms with van der Waals surface area (Å²) in [5, 5.41) is 12.7. The maximum Gasteiger partial charge on any atom is 0.255 e. The lowest BCUT2D eigenvalue weighted by Crippen LogP contribution is -2.72. The van der Waals surface area contributed by atoms with Crippen molar-refractivity contribution >= 4 is 5.91 Å². The summed E-state index contributed by atoms with van der Waals surface area (Å²) in [4.78, 5) is 18.7. The summed E-state index contributed by atoms with van der Waals surface area (Å²) < 4.78 is 0. The van der Waals surface area contributed by atoms with E-state index in [-0.39, 0.29) is 18.0 Å². The first-order valence-corrected chi connectivity index (χ1v) is 9.79. The minimum absolute atomic E-state index is 0.0563. The Kier molecular flexibility index (Phi) is 4.34. The molecule has 0 aliphatic carbocycles. The Morgan fingerprint density at radius 3 is 2.52 bits per heavy atom. The quantitative estimate of drug-likeness (QED) is 0.758. The summed E-state index contributed by atoms with van der Waals surface area (Å²) in [5.74, 6) is 0.480. The maximum atomic E-state index is 12.7. The van der Waals surface area contributed by atoms with Crippen LogP contribution in [0.5, 0.6) is 0 Å². The Labute approximate surface area is 169 Å². The summed E-state index contributed by atoms with van der Waals surface area (Å²) >= 11 is 0. The molecule has 6 rings (SSSR count). The van der Waals surface area contributed by atoms with Gasteiger partial charge in [-0.15, -0.1) is 0 Å². The number of carbonyl (C=O) groups excluding carboxylic acids is 1. The number of nitriles is 1. The van der Waals surface area contributed by atoms with Crippen molar-refractivity contribution in [2.75, 3.05) is 13.1 Å². The van der Waals surface area contributed by atoms with Gasteiger partial charge in [-0.3, -0.25) is 9.78 Å². The van der Waals surface area contributed by atoms with Gasteiger partial charge in [0.05, 0.1) is 17.2 Å². The molecule has 3 aliphatic rings. The molecule has 29 heavy (non-hydrogen) atoms. The van der Waals surface area contributed by atoms with Gasteiger partial charge < -0.3 is 10.2 Å². The molecule has 5 nitrogen and oxygen atoms in total. The molecule has 3 atom stereocenters. The van der Waals surface area contributed by atoms with E-state index in [0.717, 1.165) is 11.1 Å². The highest BCUT2D eigenvalue weighted by atomic mass is 16.2. The lowest BCUT2D eigenvalue weighted by molar-refractivity contribution is 0.0367. The Balaban J connectivity index is 1.30. The predicted molar refractivity (Wildman–Crippen MR) is 110 cm³/mol. The van der Waals surface area contributed by atoms with Gasteiger partial charge in [0.25, 0.3) is 5.91 Å². The third kappa shape index (κ3) is 3.18. The van der Waals surface area contributed by atoms with Crippen LogP contribution in [0.4, 0.5) is 0 Å². The number of fused-ring (bicyclic) bond motifs is 2. The molecular weight excluding hydrogens is 360 g/mol. The largest absolute Gasteiger partial charge is 0.335 e. The number of piperazine rings is 1. The van der Waals surface area contributed by atoms with Gasteiger partial charge in [0.15, 0.2) is 0 Å². The van der Waals surface area contributed by atoms with E-state index < -0.39 is 0 Å². The monoisotopic (exact) mass is 380 g/mol. The van der Waals surface area contributed by atoms with Crippen molar-refractivity contribution in [3.05, 3.63) is 89.7 Å². The molecule has 3 fully saturated rings. The number of nitrogens with zero attached hydrogens (tertiary/aromatic N) is 3. The van der Waals surface area contributed by atoms with E-state index >= 15 is 0 Å². The number of amides is 1. The SMILES string of the molecule is N#Cc1cccc(-c2ccc(C3[C@@H]4CN(C(=O)c5cccnc5)C[C@H]3N4)cc2)c1. The number of aromatic nitrogens is 1. The van der Waals surface area contributed by atoms with Crippen LogP contribution < -0.4 is 5.32 Å². The molecule has 142 valence electrons. The van der Waals surface area contributed by atoms with E-state index in [1.54, 1.807) is 18.5 Å². The molecule has 2 bridgehead atoms. The molecule has 0 radical (unpaired) electrons. The van der Waals surface area contributed by atoms with Gasteiger partial charge in [-0.2, -0.15) is 5.26 Å². The number of rotatable bonds is 3. The van der Waals surface area contributed by atoms with Crippen molar-refractivity contribution < 1.29 is 4.79 Å². The van der Waals surface area contributed by atoms with Crippen LogP contribution in [0.3, 0.4) is 0 Å². The van der Waals surface area contributed by atoms with E-state index in [0.29, 0.717) is 30.1 Å². The maximum absolute atomic E-state index is 12.7. The van der Waals surface area contributed by atoms with Crippen molar-refractivity contribution in [3.63, 3.8) is 0 Å². The normalized spacial score (nSPS) is 22.4. The van der Waals surface area contributed by atoms with Crippen LogP contribution in [-0.2, 0) is 0 Å². The number of benzene rings is 2. The van der Waals surface area contributed by atoms with Crippen molar-refractivity contribution in [1.82, 2.24) is 15.2 Å². The van der Waals surface area contributed by atoms with E-state index in [1.165, 1.54) is 5.56 Å². The van der Waals surface area contributed by atoms with Gasteiger partial charge >= 0.3 is 0 Å². The highest BCUT2D eigenvalue weighted by molar-refractivity contribution is 5.94. The summed E-state index contributed by atoms with van der Waals surface area (Å²) in [6.45, 7) is 1.42. The lowest BCUT2D eigenvalue weighted by Gasteiger charge is -2.54. The van der Waals surface area contributed by atoms with Crippen LogP contribution in [0, 0.1) is 11.3 Å². The van der Waals surface area contributed by atoms with Gasteiger partial charge in [0, 0.05) is 43.5 Å². The zero-order valence-electron chi connectivity index (χ0n) is 15.8. The number of nitrogens with one attached hydrogen (secondary N) is 1. The first kappa shape index (κ1) is 17.6. The summed E-state index contributed by atoms with van der Waals surface area (Å²) in [5.41, 5.74) is 4.77. The first-order chi connectivity index (χ1) is 14.2. The van der Waals surface area contributed by atoms with E-state index in [1.807, 2.05) is 35.2 Å². The van der Waals surface area contributed by atoms with Crippen molar-refractivity contribution in [3.8, 4) is 17.2 Å². The van der Waals surface area contributed by atoms with Crippen LogP contribution in [0.25, 0.3) is 11.1 Å². The van der Waals surface area contributed by atoms with Crippen LogP contribution in [0.1, 0.15) is 27.4 Å². The molecule has 5 heteroatoms. The summed E-state index contributed by atoms with van der Waals surface area (Å²) in [7, 11) is 0. The Hall–Kier alpha value is -3.49. The van der Waals surface area contributed by atoms with Crippen LogP contribution in [0.15, 0.2) is 73.1 Å². The Bertz CT molecular complexity index is 1080. The highest BCUT2D eigenvalue weighted by Crippen LogP contribution is 2.38. The van der Waals surface area contributed by atoms with E-state index in [4.69, 9.17) is 5.26 Å². The topological polar surface area (TPSA) is 69.0 Å². The molecule has 3 aromatic rings. The van der Waals surface area contributed by atoms with Gasteiger partial charge in [0.2, 0.25) is 0 Å². The highest BCUT2D eigenvalue weighted by Gasteiger charge is 2.48. The average Bonchev–Trinajstić information content (AvgIpc) is 2.79. The van der Waals surface area contributed by atoms with Crippen LogP contribution >= 0.6 is 0 Å². The molecule has 0 spiro atoms. The molecule has 1 unspecified atom stereocenters. The number of pyridine rings is 1.